The number of rotatable bonds is 2. The molecule has 0 aromatic heterocycles. The van der Waals surface area contributed by atoms with Crippen LogP contribution in [0.5, 0.6) is 0 Å². The van der Waals surface area contributed by atoms with Gasteiger partial charge in [0.15, 0.2) is 5.78 Å². The predicted molar refractivity (Wildman–Crippen MR) is 92.6 cm³/mol. The van der Waals surface area contributed by atoms with Gasteiger partial charge in [0.2, 0.25) is 0 Å². The van der Waals surface area contributed by atoms with Crippen LogP contribution < -0.4 is 0 Å². The van der Waals surface area contributed by atoms with Gasteiger partial charge in [0.25, 0.3) is 0 Å². The lowest BCUT2D eigenvalue weighted by Crippen LogP contribution is -2.32. The van der Waals surface area contributed by atoms with Gasteiger partial charge in [-0.3, -0.25) is 13.5 Å². The molecule has 132 valence electrons. The number of benzene rings is 1. The Morgan fingerprint density at radius 1 is 1.21 bits per heavy atom. The van der Waals surface area contributed by atoms with Crippen molar-refractivity contribution in [3.8, 4) is 0 Å². The van der Waals surface area contributed by atoms with Crippen molar-refractivity contribution in [3.05, 3.63) is 41.5 Å². The highest BCUT2D eigenvalue weighted by atomic mass is 32.3. The number of hydrogen-bond acceptors (Lipinski definition) is 4. The molecule has 0 amide bonds. The highest BCUT2D eigenvalue weighted by Crippen LogP contribution is 2.65. The van der Waals surface area contributed by atoms with Crippen LogP contribution in [0.1, 0.15) is 39.2 Å². The van der Waals surface area contributed by atoms with E-state index in [0.29, 0.717) is 11.7 Å². The Hall–Kier alpha value is -1.50. The number of carbonyl (C=O) groups is 1. The Balaban J connectivity index is 0.000000301. The van der Waals surface area contributed by atoms with Crippen LogP contribution in [0.4, 0.5) is 0 Å². The van der Waals surface area contributed by atoms with E-state index in [0.717, 1.165) is 31.1 Å². The van der Waals surface area contributed by atoms with Gasteiger partial charge in [-0.15, -0.1) is 0 Å². The molecule has 3 rings (SSSR count). The van der Waals surface area contributed by atoms with Gasteiger partial charge < -0.3 is 0 Å². The minimum Gasteiger partial charge on any atom is -0.294 e. The Morgan fingerprint density at radius 3 is 2.17 bits per heavy atom. The van der Waals surface area contributed by atoms with Crippen LogP contribution in [0.3, 0.4) is 0 Å². The summed E-state index contributed by atoms with van der Waals surface area (Å²) in [5.41, 5.74) is 2.18. The van der Waals surface area contributed by atoms with E-state index in [4.69, 9.17) is 4.55 Å². The van der Waals surface area contributed by atoms with Crippen LogP contribution in [-0.4, -0.2) is 25.9 Å². The van der Waals surface area contributed by atoms with Crippen molar-refractivity contribution in [2.24, 2.45) is 16.7 Å². The first-order valence-electron chi connectivity index (χ1n) is 7.87. The lowest BCUT2D eigenvalue weighted by molar-refractivity contribution is -0.125. The molecule has 0 saturated heterocycles. The van der Waals surface area contributed by atoms with Crippen molar-refractivity contribution in [2.75, 3.05) is 7.11 Å². The number of Topliss-reactive ketones (excluding diaryl/α,β-unsaturated/α-hetero) is 1. The van der Waals surface area contributed by atoms with Gasteiger partial charge in [-0.2, -0.15) is 8.42 Å². The van der Waals surface area contributed by atoms with E-state index in [1.54, 1.807) is 0 Å². The van der Waals surface area contributed by atoms with Crippen molar-refractivity contribution >= 4 is 22.3 Å². The number of carbonyl (C=O) groups excluding carboxylic acids is 1. The largest absolute Gasteiger partial charge is 0.397 e. The van der Waals surface area contributed by atoms with Crippen molar-refractivity contribution in [1.29, 1.82) is 0 Å². The molecule has 0 radical (unpaired) electrons. The fourth-order valence-electron chi connectivity index (χ4n) is 3.82. The normalized spacial score (nSPS) is 29.5. The smallest absolute Gasteiger partial charge is 0.294 e. The number of allylic oxidation sites excluding steroid dienone is 1. The zero-order valence-corrected chi connectivity index (χ0v) is 15.3. The molecule has 2 atom stereocenters. The number of hydrogen-bond donors (Lipinski definition) is 1. The molecule has 2 aliphatic rings. The summed E-state index contributed by atoms with van der Waals surface area (Å²) in [4.78, 5) is 12.6. The molecular formula is C18H24O5S. The highest BCUT2D eigenvalue weighted by Gasteiger charge is 2.63. The molecule has 2 saturated carbocycles. The first-order valence-corrected chi connectivity index (χ1v) is 9.24. The van der Waals surface area contributed by atoms with Crippen LogP contribution in [-0.2, 0) is 19.4 Å². The standard InChI is InChI=1S/C17H20O.CH4O4S/c1-16(2)14-9-10-17(16,3)15(18)13(14)11-12-7-5-4-6-8-12;1-5-6(2,3)4/h4-8,11,14H,9-10H2,1-3H3;1H3,(H,2,3,4). The van der Waals surface area contributed by atoms with Crippen molar-refractivity contribution < 1.29 is 21.9 Å². The van der Waals surface area contributed by atoms with Crippen LogP contribution >= 0.6 is 0 Å². The monoisotopic (exact) mass is 352 g/mol. The first-order chi connectivity index (χ1) is 11.0. The highest BCUT2D eigenvalue weighted by molar-refractivity contribution is 7.80. The second-order valence-electron chi connectivity index (χ2n) is 7.08. The summed E-state index contributed by atoms with van der Waals surface area (Å²) < 4.78 is 29.7. The summed E-state index contributed by atoms with van der Waals surface area (Å²) in [7, 11) is -3.29. The Labute approximate surface area is 143 Å². The Morgan fingerprint density at radius 2 is 1.75 bits per heavy atom. The fourth-order valence-corrected chi connectivity index (χ4v) is 3.82. The van der Waals surface area contributed by atoms with Gasteiger partial charge in [0, 0.05) is 5.41 Å². The SMILES string of the molecule is CC12CCC(C(=Cc3ccccc3)C1=O)C2(C)C.COS(=O)(=O)O. The van der Waals surface area contributed by atoms with Gasteiger partial charge >= 0.3 is 10.4 Å². The van der Waals surface area contributed by atoms with Crippen molar-refractivity contribution in [1.82, 2.24) is 0 Å². The molecule has 0 aliphatic heterocycles. The minimum absolute atomic E-state index is 0.116. The first kappa shape index (κ1) is 18.8. The van der Waals surface area contributed by atoms with E-state index in [1.165, 1.54) is 0 Å². The molecule has 24 heavy (non-hydrogen) atoms. The Kier molecular flexibility index (Phi) is 5.04. The molecule has 1 N–H and O–H groups in total. The van der Waals surface area contributed by atoms with Crippen molar-refractivity contribution in [3.63, 3.8) is 0 Å². The maximum Gasteiger partial charge on any atom is 0.397 e. The number of fused-ring (bicyclic) bond motifs is 2. The lowest BCUT2D eigenvalue weighted by Gasteiger charge is -2.31. The topological polar surface area (TPSA) is 80.7 Å². The summed E-state index contributed by atoms with van der Waals surface area (Å²) >= 11 is 0. The molecule has 2 unspecified atom stereocenters. The number of ketones is 1. The second kappa shape index (κ2) is 6.43. The molecule has 0 spiro atoms. The van der Waals surface area contributed by atoms with E-state index in [-0.39, 0.29) is 10.8 Å². The van der Waals surface area contributed by atoms with E-state index in [2.05, 4.69) is 43.2 Å². The van der Waals surface area contributed by atoms with E-state index in [9.17, 15) is 13.2 Å². The lowest BCUT2D eigenvalue weighted by atomic mass is 9.70. The van der Waals surface area contributed by atoms with Crippen LogP contribution in [0.2, 0.25) is 0 Å². The maximum atomic E-state index is 12.6. The second-order valence-corrected chi connectivity index (χ2v) is 8.27. The molecule has 2 aliphatic carbocycles. The fraction of sp³-hybridized carbons (Fsp3) is 0.500. The minimum atomic E-state index is -4.16. The molecule has 6 heteroatoms. The van der Waals surface area contributed by atoms with Gasteiger partial charge in [0.05, 0.1) is 7.11 Å². The van der Waals surface area contributed by atoms with Crippen LogP contribution in [0.25, 0.3) is 6.08 Å². The molecule has 2 bridgehead atoms. The summed E-state index contributed by atoms with van der Waals surface area (Å²) in [5.74, 6) is 0.822. The third-order valence-corrected chi connectivity index (χ3v) is 6.12. The van der Waals surface area contributed by atoms with Crippen molar-refractivity contribution in [2.45, 2.75) is 33.6 Å². The summed E-state index contributed by atoms with van der Waals surface area (Å²) in [6.45, 7) is 6.67. The van der Waals surface area contributed by atoms with Crippen LogP contribution in [0, 0.1) is 16.7 Å². The Bertz CT molecular complexity index is 749. The third kappa shape index (κ3) is 3.31. The quantitative estimate of drug-likeness (QED) is 0.650. The van der Waals surface area contributed by atoms with Gasteiger partial charge in [-0.1, -0.05) is 51.1 Å². The maximum absolute atomic E-state index is 12.6. The third-order valence-electron chi connectivity index (χ3n) is 5.70. The molecule has 5 nitrogen and oxygen atoms in total. The van der Waals surface area contributed by atoms with Gasteiger partial charge in [-0.05, 0) is 41.4 Å². The van der Waals surface area contributed by atoms with E-state index >= 15 is 0 Å². The zero-order chi connectivity index (χ0) is 18.2. The van der Waals surface area contributed by atoms with Crippen LogP contribution in [0.15, 0.2) is 35.9 Å². The molecular weight excluding hydrogens is 328 g/mol. The van der Waals surface area contributed by atoms with Gasteiger partial charge in [0.1, 0.15) is 0 Å². The average molecular weight is 352 g/mol. The molecule has 0 heterocycles. The predicted octanol–water partition coefficient (Wildman–Crippen LogP) is 3.53. The summed E-state index contributed by atoms with van der Waals surface area (Å²) in [6.07, 6.45) is 4.32. The van der Waals surface area contributed by atoms with E-state index < -0.39 is 10.4 Å². The summed E-state index contributed by atoms with van der Waals surface area (Å²) in [5, 5.41) is 0. The van der Waals surface area contributed by atoms with E-state index in [1.807, 2.05) is 18.2 Å². The molecule has 2 fully saturated rings. The molecule has 1 aromatic carbocycles. The van der Waals surface area contributed by atoms with Gasteiger partial charge in [-0.25, -0.2) is 0 Å². The summed E-state index contributed by atoms with van der Waals surface area (Å²) in [6, 6.07) is 10.2. The zero-order valence-electron chi connectivity index (χ0n) is 14.4. The average Bonchev–Trinajstić information content (AvgIpc) is 2.82. The molecule has 1 aromatic rings.